The van der Waals surface area contributed by atoms with Gasteiger partial charge in [0.2, 0.25) is 5.91 Å². The number of nitrogens with zero attached hydrogens (tertiary/aromatic N) is 3. The Bertz CT molecular complexity index is 776. The first kappa shape index (κ1) is 16.3. The summed E-state index contributed by atoms with van der Waals surface area (Å²) < 4.78 is 1.80. The minimum absolute atomic E-state index is 0.0690. The molecule has 1 amide bonds. The summed E-state index contributed by atoms with van der Waals surface area (Å²) in [5, 5.41) is 7.95. The van der Waals surface area contributed by atoms with Crippen molar-refractivity contribution in [3.63, 3.8) is 0 Å². The van der Waals surface area contributed by atoms with E-state index in [1.54, 1.807) is 4.68 Å². The summed E-state index contributed by atoms with van der Waals surface area (Å²) in [5.74, 6) is 1.07. The summed E-state index contributed by atoms with van der Waals surface area (Å²) >= 11 is 0. The molecule has 0 bridgehead atoms. The maximum absolute atomic E-state index is 12.8. The van der Waals surface area contributed by atoms with Crippen LogP contribution in [0.2, 0.25) is 0 Å². The van der Waals surface area contributed by atoms with E-state index in [9.17, 15) is 4.79 Å². The third kappa shape index (κ3) is 2.86. The molecule has 5 heteroatoms. The number of nitrogens with one attached hydrogen (secondary N) is 1. The SMILES string of the molecule is Cc1cc(N2CC[C@H](NC3CC(C)(c4ccccc4)C3)C2=O)n(C)n1. The molecule has 1 aliphatic heterocycles. The smallest absolute Gasteiger partial charge is 0.245 e. The van der Waals surface area contributed by atoms with Crippen molar-refractivity contribution >= 4 is 11.7 Å². The molecule has 0 unspecified atom stereocenters. The van der Waals surface area contributed by atoms with Crippen LogP contribution in [0.25, 0.3) is 0 Å². The first-order valence-corrected chi connectivity index (χ1v) is 9.10. The van der Waals surface area contributed by atoms with Crippen LogP contribution < -0.4 is 10.2 Å². The third-order valence-corrected chi connectivity index (χ3v) is 5.76. The zero-order valence-electron chi connectivity index (χ0n) is 15.2. The number of aryl methyl sites for hydroxylation is 2. The lowest BCUT2D eigenvalue weighted by Gasteiger charge is -2.47. The summed E-state index contributed by atoms with van der Waals surface area (Å²) in [7, 11) is 1.90. The van der Waals surface area contributed by atoms with Gasteiger partial charge in [-0.1, -0.05) is 37.3 Å². The van der Waals surface area contributed by atoms with Gasteiger partial charge in [0.1, 0.15) is 5.82 Å². The van der Waals surface area contributed by atoms with Crippen molar-refractivity contribution in [3.8, 4) is 0 Å². The van der Waals surface area contributed by atoms with E-state index in [1.807, 2.05) is 24.9 Å². The molecule has 2 heterocycles. The highest BCUT2D eigenvalue weighted by Crippen LogP contribution is 2.43. The van der Waals surface area contributed by atoms with E-state index in [-0.39, 0.29) is 17.4 Å². The fraction of sp³-hybridized carbons (Fsp3) is 0.500. The van der Waals surface area contributed by atoms with E-state index in [0.717, 1.165) is 37.3 Å². The number of hydrogen-bond acceptors (Lipinski definition) is 3. The van der Waals surface area contributed by atoms with Crippen LogP contribution in [0.4, 0.5) is 5.82 Å². The molecular weight excluding hydrogens is 312 g/mol. The molecule has 1 atom stereocenters. The van der Waals surface area contributed by atoms with Gasteiger partial charge in [-0.3, -0.25) is 14.4 Å². The fourth-order valence-corrected chi connectivity index (χ4v) is 4.42. The molecule has 0 spiro atoms. The van der Waals surface area contributed by atoms with Crippen molar-refractivity contribution in [1.29, 1.82) is 0 Å². The highest BCUT2D eigenvalue weighted by atomic mass is 16.2. The van der Waals surface area contributed by atoms with Crippen molar-refractivity contribution in [2.75, 3.05) is 11.4 Å². The molecule has 1 aromatic carbocycles. The second kappa shape index (κ2) is 5.99. The van der Waals surface area contributed by atoms with Gasteiger partial charge in [-0.15, -0.1) is 0 Å². The van der Waals surface area contributed by atoms with Gasteiger partial charge in [-0.2, -0.15) is 5.10 Å². The zero-order chi connectivity index (χ0) is 17.6. The lowest BCUT2D eigenvalue weighted by Crippen LogP contribution is -2.54. The first-order chi connectivity index (χ1) is 12.0. The van der Waals surface area contributed by atoms with Crippen LogP contribution in [0.3, 0.4) is 0 Å². The second-order valence-electron chi connectivity index (χ2n) is 7.80. The summed E-state index contributed by atoms with van der Waals surface area (Å²) in [6, 6.07) is 13.0. The normalized spacial score (nSPS) is 29.1. The Morgan fingerprint density at radius 3 is 2.60 bits per heavy atom. The Labute approximate surface area is 149 Å². The second-order valence-corrected chi connectivity index (χ2v) is 7.80. The number of carbonyl (C=O) groups excluding carboxylic acids is 1. The highest BCUT2D eigenvalue weighted by Gasteiger charge is 2.44. The number of amides is 1. The predicted octanol–water partition coefficient (Wildman–Crippen LogP) is 2.54. The molecule has 1 N–H and O–H groups in total. The largest absolute Gasteiger partial charge is 0.303 e. The Morgan fingerprint density at radius 1 is 1.24 bits per heavy atom. The molecule has 25 heavy (non-hydrogen) atoms. The van der Waals surface area contributed by atoms with Crippen molar-refractivity contribution in [1.82, 2.24) is 15.1 Å². The quantitative estimate of drug-likeness (QED) is 0.932. The van der Waals surface area contributed by atoms with Crippen LogP contribution >= 0.6 is 0 Å². The topological polar surface area (TPSA) is 50.2 Å². The van der Waals surface area contributed by atoms with Gasteiger partial charge in [-0.05, 0) is 37.2 Å². The molecule has 2 aliphatic rings. The Kier molecular flexibility index (Phi) is 3.91. The molecule has 132 valence electrons. The molecule has 2 fully saturated rings. The lowest BCUT2D eigenvalue weighted by molar-refractivity contribution is -0.119. The Hall–Kier alpha value is -2.14. The van der Waals surface area contributed by atoms with E-state index in [4.69, 9.17) is 0 Å². The minimum atomic E-state index is -0.0690. The van der Waals surface area contributed by atoms with Crippen LogP contribution in [0.5, 0.6) is 0 Å². The number of benzene rings is 1. The molecule has 1 saturated heterocycles. The third-order valence-electron chi connectivity index (χ3n) is 5.76. The standard InChI is InChI=1S/C20H26N4O/c1-14-11-18(23(3)22-14)24-10-9-17(19(24)25)21-16-12-20(2,13-16)15-7-5-4-6-8-15/h4-8,11,16-17,21H,9-10,12-13H2,1-3H3/t16?,17-,20?/m0/s1. The Morgan fingerprint density at radius 2 is 1.96 bits per heavy atom. The Balaban J connectivity index is 1.37. The summed E-state index contributed by atoms with van der Waals surface area (Å²) in [6.07, 6.45) is 3.04. The minimum Gasteiger partial charge on any atom is -0.303 e. The molecular formula is C20H26N4O. The van der Waals surface area contributed by atoms with Crippen molar-refractivity contribution < 1.29 is 4.79 Å². The van der Waals surface area contributed by atoms with E-state index in [0.29, 0.717) is 6.04 Å². The monoisotopic (exact) mass is 338 g/mol. The maximum Gasteiger partial charge on any atom is 0.245 e. The molecule has 1 saturated carbocycles. The number of anilines is 1. The molecule has 1 aromatic heterocycles. The summed E-state index contributed by atoms with van der Waals surface area (Å²) in [4.78, 5) is 14.7. The van der Waals surface area contributed by atoms with Gasteiger partial charge in [0, 0.05) is 25.7 Å². The average Bonchev–Trinajstić information content (AvgIpc) is 3.08. The first-order valence-electron chi connectivity index (χ1n) is 9.10. The van der Waals surface area contributed by atoms with E-state index < -0.39 is 0 Å². The number of rotatable bonds is 4. The van der Waals surface area contributed by atoms with Gasteiger partial charge in [0.05, 0.1) is 11.7 Å². The fourth-order valence-electron chi connectivity index (χ4n) is 4.42. The van der Waals surface area contributed by atoms with Crippen LogP contribution in [0.1, 0.15) is 37.4 Å². The van der Waals surface area contributed by atoms with Gasteiger partial charge >= 0.3 is 0 Å². The molecule has 1 aliphatic carbocycles. The number of carbonyl (C=O) groups is 1. The highest BCUT2D eigenvalue weighted by molar-refractivity contribution is 5.98. The van der Waals surface area contributed by atoms with E-state index >= 15 is 0 Å². The predicted molar refractivity (Wildman–Crippen MR) is 98.7 cm³/mol. The number of hydrogen-bond donors (Lipinski definition) is 1. The summed E-state index contributed by atoms with van der Waals surface area (Å²) in [6.45, 7) is 5.04. The number of aromatic nitrogens is 2. The average molecular weight is 338 g/mol. The van der Waals surface area contributed by atoms with Gasteiger partial charge < -0.3 is 5.32 Å². The molecule has 5 nitrogen and oxygen atoms in total. The maximum atomic E-state index is 12.8. The van der Waals surface area contributed by atoms with E-state index in [2.05, 4.69) is 47.7 Å². The van der Waals surface area contributed by atoms with Gasteiger partial charge in [0.25, 0.3) is 0 Å². The van der Waals surface area contributed by atoms with Crippen molar-refractivity contribution in [2.45, 2.75) is 50.6 Å². The molecule has 2 aromatic rings. The van der Waals surface area contributed by atoms with Crippen LogP contribution in [0.15, 0.2) is 36.4 Å². The van der Waals surface area contributed by atoms with E-state index in [1.165, 1.54) is 5.56 Å². The van der Waals surface area contributed by atoms with Gasteiger partial charge in [-0.25, -0.2) is 0 Å². The zero-order valence-corrected chi connectivity index (χ0v) is 15.2. The van der Waals surface area contributed by atoms with Crippen LogP contribution in [-0.4, -0.2) is 34.3 Å². The van der Waals surface area contributed by atoms with Crippen LogP contribution in [0, 0.1) is 6.92 Å². The molecule has 0 radical (unpaired) electrons. The van der Waals surface area contributed by atoms with Crippen molar-refractivity contribution in [2.24, 2.45) is 7.05 Å². The van der Waals surface area contributed by atoms with Gasteiger partial charge in [0.15, 0.2) is 0 Å². The lowest BCUT2D eigenvalue weighted by atomic mass is 9.63. The summed E-state index contributed by atoms with van der Waals surface area (Å²) in [5.41, 5.74) is 2.58. The van der Waals surface area contributed by atoms with Crippen LogP contribution in [-0.2, 0) is 17.3 Å². The molecule has 4 rings (SSSR count). The van der Waals surface area contributed by atoms with Crippen molar-refractivity contribution in [3.05, 3.63) is 47.7 Å².